The zero-order valence-electron chi connectivity index (χ0n) is 47.1. The molecule has 0 spiro atoms. The van der Waals surface area contributed by atoms with Crippen LogP contribution in [0.1, 0.15) is 137 Å². The number of benzene rings is 3. The molecule has 20 nitrogen and oxygen atoms in total. The van der Waals surface area contributed by atoms with E-state index in [9.17, 15) is 49.2 Å². The van der Waals surface area contributed by atoms with E-state index < -0.39 is 97.5 Å². The maximum Gasteiger partial charge on any atom is 0.243 e. The van der Waals surface area contributed by atoms with Crippen molar-refractivity contribution in [3.8, 4) is 0 Å². The van der Waals surface area contributed by atoms with Crippen molar-refractivity contribution in [3.05, 3.63) is 86.2 Å². The molecule has 0 saturated carbocycles. The van der Waals surface area contributed by atoms with Gasteiger partial charge >= 0.3 is 0 Å². The van der Waals surface area contributed by atoms with E-state index in [4.69, 9.17) is 11.5 Å². The molecule has 0 saturated heterocycles. The zero-order valence-corrected chi connectivity index (χ0v) is 54.3. The molecular formula is C55H84Br3N9O11S3. The van der Waals surface area contributed by atoms with Crippen molar-refractivity contribution in [1.29, 1.82) is 0 Å². The predicted molar refractivity (Wildman–Crippen MR) is 326 cm³/mol. The molecule has 0 heterocycles. The van der Waals surface area contributed by atoms with Gasteiger partial charge in [0.25, 0.3) is 0 Å². The molecule has 0 fully saturated rings. The lowest BCUT2D eigenvalue weighted by atomic mass is 10.0. The Kier molecular flexibility index (Phi) is 32.4. The van der Waals surface area contributed by atoms with Gasteiger partial charge in [-0.05, 0) is 126 Å². The first kappa shape index (κ1) is 71.4. The maximum absolute atomic E-state index is 14.3. The van der Waals surface area contributed by atoms with Crippen LogP contribution >= 0.6 is 47.8 Å². The van der Waals surface area contributed by atoms with Crippen LogP contribution in [0.4, 0.5) is 0 Å². The SMILES string of the molecule is CCCCCCCCCCCCCCCC(=O)N[C@@H](CCCCN)C(=O)NCCN([C@@H](C)C(=O)NCCN([C@@H](C)C(=O)NCCN([C@@H](C)C(N)=O)S(=O)(=O)c1ccc(Br)cc1)S(=O)(=O)c1ccc(Br)cc1)S(=O)(=O)c1ccc(Br)cc1. The lowest BCUT2D eigenvalue weighted by molar-refractivity contribution is -0.129. The number of hydrogen-bond acceptors (Lipinski definition) is 12. The molecule has 26 heteroatoms. The molecule has 3 aromatic carbocycles. The fourth-order valence-electron chi connectivity index (χ4n) is 8.81. The Morgan fingerprint density at radius 3 is 1.12 bits per heavy atom. The van der Waals surface area contributed by atoms with Crippen molar-refractivity contribution in [2.75, 3.05) is 45.8 Å². The van der Waals surface area contributed by atoms with Gasteiger partial charge in [0.15, 0.2) is 0 Å². The standard InChI is InChI=1S/C55H84Br3N9O11S3/c1-5-6-7-8-9-10-11-12-13-14-15-16-17-21-51(68)64-50(20-18-19-34-59)55(72)63-37-40-67(81(77,78)49-32-26-46(58)27-33-49)43(4)54(71)62-36-39-66(80(75,76)48-30-24-45(57)25-31-48)42(3)53(70)61-35-38-65(41(2)52(60)69)79(73,74)47-28-22-44(56)23-29-47/h22-33,41-43,50H,5-21,34-40,59H2,1-4H3,(H2,60,69)(H,61,70)(H,62,71)(H,63,72)(H,64,68)/t41-,42-,43-,50-/m0/s1. The van der Waals surface area contributed by atoms with Gasteiger partial charge in [0.2, 0.25) is 59.6 Å². The number of sulfonamides is 3. The van der Waals surface area contributed by atoms with Crippen molar-refractivity contribution in [3.63, 3.8) is 0 Å². The third-order valence-corrected chi connectivity index (χ3v) is 21.3. The highest BCUT2D eigenvalue weighted by Crippen LogP contribution is 2.24. The van der Waals surface area contributed by atoms with E-state index >= 15 is 0 Å². The normalized spacial score (nSPS) is 13.6. The highest BCUT2D eigenvalue weighted by atomic mass is 79.9. The number of nitrogens with one attached hydrogen (secondary N) is 4. The van der Waals surface area contributed by atoms with Crippen molar-refractivity contribution in [2.45, 2.75) is 176 Å². The first-order valence-electron chi connectivity index (χ1n) is 27.8. The average Bonchev–Trinajstić information content (AvgIpc) is 3.44. The highest BCUT2D eigenvalue weighted by molar-refractivity contribution is 9.11. The Bertz CT molecular complexity index is 2780. The lowest BCUT2D eigenvalue weighted by Gasteiger charge is -2.30. The summed E-state index contributed by atoms with van der Waals surface area (Å²) in [5.74, 6) is -3.44. The summed E-state index contributed by atoms with van der Waals surface area (Å²) < 4.78 is 89.0. The fraction of sp³-hybridized carbons (Fsp3) is 0.582. The Hall–Kier alpha value is -3.86. The van der Waals surface area contributed by atoms with Gasteiger partial charge < -0.3 is 32.7 Å². The summed E-state index contributed by atoms with van der Waals surface area (Å²) in [6, 6.07) is 11.9. The Morgan fingerprint density at radius 1 is 0.469 bits per heavy atom. The second-order valence-electron chi connectivity index (χ2n) is 19.9. The molecule has 454 valence electrons. The molecule has 8 N–H and O–H groups in total. The van der Waals surface area contributed by atoms with Crippen LogP contribution in [0.3, 0.4) is 0 Å². The number of nitrogens with zero attached hydrogens (tertiary/aromatic N) is 3. The number of nitrogens with two attached hydrogens (primary N) is 2. The van der Waals surface area contributed by atoms with Gasteiger partial charge in [-0.3, -0.25) is 24.0 Å². The highest BCUT2D eigenvalue weighted by Gasteiger charge is 2.37. The molecular weight excluding hydrogens is 1300 g/mol. The second kappa shape index (κ2) is 36.8. The van der Waals surface area contributed by atoms with Crippen LogP contribution in [0.15, 0.2) is 101 Å². The van der Waals surface area contributed by atoms with Crippen LogP contribution in [0.5, 0.6) is 0 Å². The van der Waals surface area contributed by atoms with Crippen molar-refractivity contribution >= 4 is 107 Å². The number of carbonyl (C=O) groups excluding carboxylic acids is 5. The number of halogens is 3. The third-order valence-electron chi connectivity index (χ3n) is 13.7. The minimum Gasteiger partial charge on any atom is -0.368 e. The van der Waals surface area contributed by atoms with Crippen LogP contribution < -0.4 is 32.7 Å². The largest absolute Gasteiger partial charge is 0.368 e. The number of unbranched alkanes of at least 4 members (excludes halogenated alkanes) is 13. The van der Waals surface area contributed by atoms with Crippen LogP contribution in [-0.4, -0.2) is 138 Å². The van der Waals surface area contributed by atoms with Gasteiger partial charge in [-0.2, -0.15) is 12.9 Å². The van der Waals surface area contributed by atoms with Gasteiger partial charge in [-0.1, -0.05) is 132 Å². The summed E-state index contributed by atoms with van der Waals surface area (Å²) in [6.45, 7) is 4.19. The van der Waals surface area contributed by atoms with Crippen molar-refractivity contribution in [1.82, 2.24) is 34.2 Å². The van der Waals surface area contributed by atoms with Gasteiger partial charge in [-0.15, -0.1) is 0 Å². The summed E-state index contributed by atoms with van der Waals surface area (Å²) in [5, 5.41) is 10.8. The second-order valence-corrected chi connectivity index (χ2v) is 28.3. The molecule has 0 bridgehead atoms. The number of rotatable bonds is 41. The van der Waals surface area contributed by atoms with Crippen LogP contribution in [0.25, 0.3) is 0 Å². The van der Waals surface area contributed by atoms with E-state index in [1.807, 2.05) is 0 Å². The number of hydrogen-bond donors (Lipinski definition) is 6. The predicted octanol–water partition coefficient (Wildman–Crippen LogP) is 7.44. The van der Waals surface area contributed by atoms with Crippen molar-refractivity contribution < 1.29 is 49.2 Å². The van der Waals surface area contributed by atoms with Gasteiger partial charge in [0, 0.05) is 59.1 Å². The molecule has 0 aliphatic carbocycles. The topological polar surface area (TPSA) is 298 Å². The molecule has 5 amide bonds. The number of primary amides is 1. The van der Waals surface area contributed by atoms with E-state index in [2.05, 4.69) is 76.0 Å². The van der Waals surface area contributed by atoms with E-state index in [1.165, 1.54) is 151 Å². The first-order valence-corrected chi connectivity index (χ1v) is 34.5. The third kappa shape index (κ3) is 24.0. The van der Waals surface area contributed by atoms with E-state index in [1.54, 1.807) is 0 Å². The minimum absolute atomic E-state index is 0.141. The Labute approximate surface area is 506 Å². The molecule has 0 aliphatic heterocycles. The summed E-state index contributed by atoms with van der Waals surface area (Å²) >= 11 is 9.87. The summed E-state index contributed by atoms with van der Waals surface area (Å²) in [5.41, 5.74) is 11.3. The number of amides is 5. The van der Waals surface area contributed by atoms with Crippen molar-refractivity contribution in [2.24, 2.45) is 11.5 Å². The minimum atomic E-state index is -4.50. The average molecular weight is 1380 g/mol. The molecule has 4 atom stereocenters. The summed E-state index contributed by atoms with van der Waals surface area (Å²) in [4.78, 5) is 66.5. The first-order chi connectivity index (χ1) is 38.4. The monoisotopic (exact) mass is 1380 g/mol. The fourth-order valence-corrected chi connectivity index (χ4v) is 14.4. The van der Waals surface area contributed by atoms with E-state index in [0.717, 1.165) is 32.2 Å². The summed E-state index contributed by atoms with van der Waals surface area (Å²) in [7, 11) is -13.3. The van der Waals surface area contributed by atoms with Crippen LogP contribution in [-0.2, 0) is 54.0 Å². The van der Waals surface area contributed by atoms with Gasteiger partial charge in [0.05, 0.1) is 14.7 Å². The molecule has 0 aliphatic rings. The molecule has 81 heavy (non-hydrogen) atoms. The molecule has 3 rings (SSSR count). The quantitative estimate of drug-likeness (QED) is 0.0302. The Morgan fingerprint density at radius 2 is 0.790 bits per heavy atom. The zero-order chi connectivity index (χ0) is 60.2. The van der Waals surface area contributed by atoms with Crippen LogP contribution in [0, 0.1) is 0 Å². The van der Waals surface area contributed by atoms with Crippen LogP contribution in [0.2, 0.25) is 0 Å². The van der Waals surface area contributed by atoms with E-state index in [-0.39, 0.29) is 46.6 Å². The van der Waals surface area contributed by atoms with E-state index in [0.29, 0.717) is 45.6 Å². The van der Waals surface area contributed by atoms with Gasteiger partial charge in [0.1, 0.15) is 24.2 Å². The molecule has 0 unspecified atom stereocenters. The maximum atomic E-state index is 14.3. The molecule has 0 radical (unpaired) electrons. The van der Waals surface area contributed by atoms with Gasteiger partial charge in [-0.25, -0.2) is 25.3 Å². The summed E-state index contributed by atoms with van der Waals surface area (Å²) in [6.07, 6.45) is 16.9. The lowest BCUT2D eigenvalue weighted by Crippen LogP contribution is -2.54. The molecule has 3 aromatic rings. The Balaban J connectivity index is 1.74. The molecule has 0 aromatic heterocycles. The smallest absolute Gasteiger partial charge is 0.243 e. The number of carbonyl (C=O) groups is 5.